The van der Waals surface area contributed by atoms with E-state index in [2.05, 4.69) is 11.9 Å². The molecule has 0 aliphatic carbocycles. The van der Waals surface area contributed by atoms with E-state index in [-0.39, 0.29) is 0 Å². The van der Waals surface area contributed by atoms with Crippen molar-refractivity contribution in [1.29, 1.82) is 0 Å². The highest BCUT2D eigenvalue weighted by Crippen LogP contribution is 2.12. The van der Waals surface area contributed by atoms with Gasteiger partial charge in [-0.25, -0.2) is 4.98 Å². The summed E-state index contributed by atoms with van der Waals surface area (Å²) in [5.74, 6) is 1.17. The molecule has 1 rings (SSSR count). The van der Waals surface area contributed by atoms with Crippen LogP contribution in [0.1, 0.15) is 12.5 Å². The molecule has 0 amide bonds. The normalized spacial score (nSPS) is 12.5. The average Bonchev–Trinajstić information content (AvgIpc) is 2.18. The maximum Gasteiger partial charge on any atom is 0.213 e. The van der Waals surface area contributed by atoms with E-state index < -0.39 is 0 Å². The van der Waals surface area contributed by atoms with Crippen molar-refractivity contribution in [1.82, 2.24) is 4.98 Å². The van der Waals surface area contributed by atoms with Crippen LogP contribution >= 0.6 is 0 Å². The summed E-state index contributed by atoms with van der Waals surface area (Å²) in [7, 11) is 1.62. The van der Waals surface area contributed by atoms with Crippen LogP contribution in [0.4, 0.5) is 0 Å². The highest BCUT2D eigenvalue weighted by atomic mass is 16.5. The minimum atomic E-state index is 0.507. The smallest absolute Gasteiger partial charge is 0.213 e. The zero-order chi connectivity index (χ0) is 9.68. The molecule has 0 saturated carbocycles. The Morgan fingerprint density at radius 3 is 3.00 bits per heavy atom. The second kappa shape index (κ2) is 4.82. The Morgan fingerprint density at radius 2 is 2.38 bits per heavy atom. The average molecular weight is 180 g/mol. The van der Waals surface area contributed by atoms with Crippen LogP contribution in [0.2, 0.25) is 0 Å². The maximum atomic E-state index is 5.54. The Balaban J connectivity index is 2.66. The molecule has 1 aromatic rings. The first kappa shape index (κ1) is 9.99. The lowest BCUT2D eigenvalue weighted by Crippen LogP contribution is -2.13. The van der Waals surface area contributed by atoms with E-state index in [0.717, 1.165) is 6.42 Å². The Bertz CT molecular complexity index is 263. The molecule has 0 aromatic carbocycles. The van der Waals surface area contributed by atoms with E-state index >= 15 is 0 Å². The standard InChI is InChI=1S/C10H16N2O/c1-8(7-11)5-9-3-4-12-10(6-9)13-2/h3-4,6,8H,5,7,11H2,1-2H3. The fourth-order valence-corrected chi connectivity index (χ4v) is 1.17. The first-order valence-corrected chi connectivity index (χ1v) is 4.45. The van der Waals surface area contributed by atoms with E-state index in [4.69, 9.17) is 10.5 Å². The predicted molar refractivity (Wildman–Crippen MR) is 52.7 cm³/mol. The first-order chi connectivity index (χ1) is 6.26. The van der Waals surface area contributed by atoms with Gasteiger partial charge in [-0.15, -0.1) is 0 Å². The van der Waals surface area contributed by atoms with Gasteiger partial charge in [-0.05, 0) is 30.5 Å². The molecule has 0 spiro atoms. The van der Waals surface area contributed by atoms with Crippen LogP contribution in [-0.4, -0.2) is 18.6 Å². The molecular weight excluding hydrogens is 164 g/mol. The quantitative estimate of drug-likeness (QED) is 0.758. The fraction of sp³-hybridized carbons (Fsp3) is 0.500. The molecule has 3 heteroatoms. The van der Waals surface area contributed by atoms with Gasteiger partial charge in [0.25, 0.3) is 0 Å². The SMILES string of the molecule is COc1cc(CC(C)CN)ccn1. The molecule has 0 aliphatic rings. The van der Waals surface area contributed by atoms with E-state index in [1.165, 1.54) is 5.56 Å². The van der Waals surface area contributed by atoms with E-state index in [9.17, 15) is 0 Å². The lowest BCUT2D eigenvalue weighted by atomic mass is 10.0. The van der Waals surface area contributed by atoms with Gasteiger partial charge in [0, 0.05) is 12.3 Å². The molecule has 0 fully saturated rings. The van der Waals surface area contributed by atoms with Crippen LogP contribution < -0.4 is 10.5 Å². The Morgan fingerprint density at radius 1 is 1.62 bits per heavy atom. The molecule has 0 bridgehead atoms. The van der Waals surface area contributed by atoms with Gasteiger partial charge in [0.1, 0.15) is 0 Å². The monoisotopic (exact) mass is 180 g/mol. The van der Waals surface area contributed by atoms with Crippen LogP contribution in [0.25, 0.3) is 0 Å². The van der Waals surface area contributed by atoms with Crippen molar-refractivity contribution in [3.63, 3.8) is 0 Å². The van der Waals surface area contributed by atoms with Gasteiger partial charge >= 0.3 is 0 Å². The zero-order valence-electron chi connectivity index (χ0n) is 8.16. The molecule has 1 aromatic heterocycles. The number of hydrogen-bond acceptors (Lipinski definition) is 3. The third-order valence-corrected chi connectivity index (χ3v) is 1.99. The molecular formula is C10H16N2O. The van der Waals surface area contributed by atoms with Crippen molar-refractivity contribution in [3.8, 4) is 5.88 Å². The van der Waals surface area contributed by atoms with Gasteiger partial charge in [0.15, 0.2) is 0 Å². The number of rotatable bonds is 4. The molecule has 13 heavy (non-hydrogen) atoms. The van der Waals surface area contributed by atoms with Gasteiger partial charge in [-0.1, -0.05) is 6.92 Å². The summed E-state index contributed by atoms with van der Waals surface area (Å²) in [4.78, 5) is 4.04. The topological polar surface area (TPSA) is 48.1 Å². The summed E-state index contributed by atoms with van der Waals surface area (Å²) in [6, 6.07) is 3.95. The summed E-state index contributed by atoms with van der Waals surface area (Å²) >= 11 is 0. The first-order valence-electron chi connectivity index (χ1n) is 4.45. The van der Waals surface area contributed by atoms with Crippen LogP contribution in [0.5, 0.6) is 5.88 Å². The van der Waals surface area contributed by atoms with Gasteiger partial charge in [-0.2, -0.15) is 0 Å². The third-order valence-electron chi connectivity index (χ3n) is 1.99. The molecule has 0 saturated heterocycles. The van der Waals surface area contributed by atoms with Gasteiger partial charge in [-0.3, -0.25) is 0 Å². The number of nitrogens with two attached hydrogens (primary N) is 1. The Labute approximate surface area is 78.9 Å². The number of methoxy groups -OCH3 is 1. The maximum absolute atomic E-state index is 5.54. The molecule has 0 radical (unpaired) electrons. The summed E-state index contributed by atoms with van der Waals surface area (Å²) in [5, 5.41) is 0. The van der Waals surface area contributed by atoms with E-state index in [0.29, 0.717) is 18.3 Å². The molecule has 1 heterocycles. The molecule has 72 valence electrons. The molecule has 3 nitrogen and oxygen atoms in total. The van der Waals surface area contributed by atoms with Crippen molar-refractivity contribution in [2.45, 2.75) is 13.3 Å². The number of hydrogen-bond donors (Lipinski definition) is 1. The Kier molecular flexibility index (Phi) is 3.71. The van der Waals surface area contributed by atoms with Gasteiger partial charge in [0.2, 0.25) is 5.88 Å². The minimum absolute atomic E-state index is 0.507. The summed E-state index contributed by atoms with van der Waals surface area (Å²) in [6.45, 7) is 2.84. The van der Waals surface area contributed by atoms with Crippen LogP contribution in [0.15, 0.2) is 18.3 Å². The summed E-state index contributed by atoms with van der Waals surface area (Å²) in [6.07, 6.45) is 2.74. The predicted octanol–water partition coefficient (Wildman–Crippen LogP) is 1.23. The van der Waals surface area contributed by atoms with Gasteiger partial charge in [0.05, 0.1) is 7.11 Å². The van der Waals surface area contributed by atoms with Crippen molar-refractivity contribution in [2.75, 3.05) is 13.7 Å². The minimum Gasteiger partial charge on any atom is -0.481 e. The molecule has 1 atom stereocenters. The van der Waals surface area contributed by atoms with Crippen LogP contribution in [0, 0.1) is 5.92 Å². The van der Waals surface area contributed by atoms with E-state index in [1.807, 2.05) is 12.1 Å². The number of ether oxygens (including phenoxy) is 1. The summed E-state index contributed by atoms with van der Waals surface area (Å²) < 4.78 is 5.03. The van der Waals surface area contributed by atoms with Gasteiger partial charge < -0.3 is 10.5 Å². The number of nitrogens with zero attached hydrogens (tertiary/aromatic N) is 1. The number of pyridine rings is 1. The van der Waals surface area contributed by atoms with Crippen LogP contribution in [0.3, 0.4) is 0 Å². The second-order valence-corrected chi connectivity index (χ2v) is 3.25. The zero-order valence-corrected chi connectivity index (χ0v) is 8.16. The molecule has 1 unspecified atom stereocenters. The highest BCUT2D eigenvalue weighted by Gasteiger charge is 2.02. The second-order valence-electron chi connectivity index (χ2n) is 3.25. The lowest BCUT2D eigenvalue weighted by molar-refractivity contribution is 0.397. The fourth-order valence-electron chi connectivity index (χ4n) is 1.17. The van der Waals surface area contributed by atoms with Crippen LogP contribution in [-0.2, 0) is 6.42 Å². The van der Waals surface area contributed by atoms with E-state index in [1.54, 1.807) is 13.3 Å². The largest absolute Gasteiger partial charge is 0.481 e. The van der Waals surface area contributed by atoms with Crippen molar-refractivity contribution >= 4 is 0 Å². The highest BCUT2D eigenvalue weighted by molar-refractivity contribution is 5.20. The van der Waals surface area contributed by atoms with Crippen molar-refractivity contribution in [3.05, 3.63) is 23.9 Å². The molecule has 0 aliphatic heterocycles. The third kappa shape index (κ3) is 3.03. The molecule has 2 N–H and O–H groups in total. The summed E-state index contributed by atoms with van der Waals surface area (Å²) in [5.41, 5.74) is 6.77. The lowest BCUT2D eigenvalue weighted by Gasteiger charge is -2.08. The van der Waals surface area contributed by atoms with Crippen molar-refractivity contribution < 1.29 is 4.74 Å². The Hall–Kier alpha value is -1.09. The number of aromatic nitrogens is 1. The van der Waals surface area contributed by atoms with Crippen molar-refractivity contribution in [2.24, 2.45) is 11.7 Å².